The number of methoxy groups -OCH3 is 2. The Hall–Kier alpha value is -3.83. The van der Waals surface area contributed by atoms with Gasteiger partial charge in [0.15, 0.2) is 26.5 Å². The van der Waals surface area contributed by atoms with E-state index in [0.717, 1.165) is 69.6 Å². The van der Waals surface area contributed by atoms with Crippen molar-refractivity contribution in [2.75, 3.05) is 47.8 Å². The second kappa shape index (κ2) is 13.4. The number of phenols is 1. The summed E-state index contributed by atoms with van der Waals surface area (Å²) in [6.07, 6.45) is 1.60. The molecule has 2 bridgehead atoms. The maximum absolute atomic E-state index is 12.7. The number of likely N-dealkylation sites (N-methyl/N-ethyl adjacent to an activating group) is 1. The lowest BCUT2D eigenvalue weighted by molar-refractivity contribution is -0.132. The second-order valence-electron chi connectivity index (χ2n) is 15.2. The van der Waals surface area contributed by atoms with Crippen LogP contribution in [0.2, 0.25) is 0 Å². The highest BCUT2D eigenvalue weighted by atomic mass is 127. The summed E-state index contributed by atoms with van der Waals surface area (Å²) in [5.74, 6) is 3.07. The van der Waals surface area contributed by atoms with Crippen LogP contribution in [0.4, 0.5) is 0 Å². The minimum Gasteiger partial charge on any atom is -0.504 e. The van der Waals surface area contributed by atoms with Gasteiger partial charge in [-0.05, 0) is 85.2 Å². The lowest BCUT2D eigenvalue weighted by Gasteiger charge is -2.59. The van der Waals surface area contributed by atoms with Gasteiger partial charge in [-0.2, -0.15) is 12.6 Å². The number of aryl methyl sites for hydroxylation is 1. The Balaban J connectivity index is 1.17. The molecule has 290 valence electrons. The van der Waals surface area contributed by atoms with E-state index in [-0.39, 0.29) is 37.3 Å². The summed E-state index contributed by atoms with van der Waals surface area (Å²) >= 11 is 7.82. The number of ether oxygens (including phenoxy) is 6. The SMILES string of the molecule is C=C(OC[C@H]1c2c3c(c(C)c(OC(C)=O)c2[C@@H](S)C2[C@H]4c5c(cc(C)c(OC)c5O)CC(CN21)N4C)OCO3)[C@]1(I)NCCc2c1[nH]c1cc(OC)ccc21. The summed E-state index contributed by atoms with van der Waals surface area (Å²) in [5, 5.41) is 16.3. The molecule has 0 amide bonds. The first-order valence-electron chi connectivity index (χ1n) is 18.5. The Morgan fingerprint density at radius 3 is 2.65 bits per heavy atom. The number of piperazine rings is 1. The van der Waals surface area contributed by atoms with Gasteiger partial charge in [-0.3, -0.25) is 19.9 Å². The molecule has 1 aromatic heterocycles. The molecule has 6 atom stereocenters. The molecule has 0 aliphatic carbocycles. The van der Waals surface area contributed by atoms with Gasteiger partial charge in [0.05, 0.1) is 32.0 Å². The molecule has 5 aliphatic rings. The molecule has 55 heavy (non-hydrogen) atoms. The smallest absolute Gasteiger partial charge is 0.308 e. The molecule has 12 nitrogen and oxygen atoms in total. The summed E-state index contributed by atoms with van der Waals surface area (Å²) in [6, 6.07) is 7.41. The number of nitrogens with one attached hydrogen (secondary N) is 2. The molecule has 4 aromatic rings. The first kappa shape index (κ1) is 36.8. The Morgan fingerprint density at radius 1 is 1.13 bits per heavy atom. The highest BCUT2D eigenvalue weighted by molar-refractivity contribution is 14.1. The van der Waals surface area contributed by atoms with Crippen LogP contribution in [0, 0.1) is 13.8 Å². The standard InChI is InChI=1S/C41H45IN4O8S/c1-18-12-22-13-23-15-46-28(16-51-20(3)41(42)40-26(10-11-43-41)25-9-8-24(49-6)14-27(25)44-40)30-31(36(54-21(4)47)19(2)37-38(30)53-17-52-37)39(55)33(46)32(45(23)5)29(22)34(48)35(18)50-7/h8-9,12,14,23,28,32-33,39,43-44,48,55H,3,10-11,13,15-17H2,1-2,4-7H3/t23?,28-,32+,33?,39+,41-/m0/s1. The first-order valence-corrected chi connectivity index (χ1v) is 20.1. The number of nitrogens with zero attached hydrogens (tertiary/aromatic N) is 2. The quantitative estimate of drug-likeness (QED) is 0.0312. The van der Waals surface area contributed by atoms with E-state index < -0.39 is 20.8 Å². The number of carbonyl (C=O) groups excluding carboxylic acids is 1. The van der Waals surface area contributed by atoms with E-state index in [1.54, 1.807) is 14.2 Å². The number of rotatable bonds is 7. The molecule has 6 heterocycles. The fourth-order valence-electron chi connectivity index (χ4n) is 9.89. The number of phenolic OH excluding ortho intramolecular Hbond substituents is 1. The average molecular weight is 881 g/mol. The van der Waals surface area contributed by atoms with Crippen LogP contribution in [0.5, 0.6) is 34.5 Å². The van der Waals surface area contributed by atoms with Gasteiger partial charge in [-0.15, -0.1) is 0 Å². The largest absolute Gasteiger partial charge is 0.504 e. The zero-order valence-electron chi connectivity index (χ0n) is 31.7. The zero-order chi connectivity index (χ0) is 38.7. The van der Waals surface area contributed by atoms with Gasteiger partial charge in [0, 0.05) is 76.6 Å². The average Bonchev–Trinajstić information content (AvgIpc) is 3.79. The van der Waals surface area contributed by atoms with Crippen molar-refractivity contribution in [1.82, 2.24) is 20.1 Å². The van der Waals surface area contributed by atoms with Crippen molar-refractivity contribution < 1.29 is 38.3 Å². The van der Waals surface area contributed by atoms with Gasteiger partial charge >= 0.3 is 5.97 Å². The van der Waals surface area contributed by atoms with Gasteiger partial charge in [0.25, 0.3) is 0 Å². The number of aromatic nitrogens is 1. The molecule has 14 heteroatoms. The van der Waals surface area contributed by atoms with E-state index in [1.165, 1.54) is 12.5 Å². The second-order valence-corrected chi connectivity index (χ2v) is 17.3. The molecule has 3 N–H and O–H groups in total. The summed E-state index contributed by atoms with van der Waals surface area (Å²) in [4.78, 5) is 21.2. The predicted molar refractivity (Wildman–Crippen MR) is 218 cm³/mol. The van der Waals surface area contributed by atoms with E-state index >= 15 is 0 Å². The number of halogens is 1. The minimum atomic E-state index is -0.754. The number of aromatic amines is 1. The lowest BCUT2D eigenvalue weighted by Crippen LogP contribution is -2.64. The summed E-state index contributed by atoms with van der Waals surface area (Å²) < 4.78 is 35.8. The topological polar surface area (TPSA) is 127 Å². The molecule has 3 aromatic carbocycles. The molecule has 1 fully saturated rings. The van der Waals surface area contributed by atoms with Crippen LogP contribution >= 0.6 is 35.2 Å². The molecule has 9 rings (SSSR count). The fourth-order valence-corrected chi connectivity index (χ4v) is 11.4. The number of hydrogen-bond donors (Lipinski definition) is 4. The zero-order valence-corrected chi connectivity index (χ0v) is 34.7. The van der Waals surface area contributed by atoms with Gasteiger partial charge in [-0.1, -0.05) is 12.6 Å². The van der Waals surface area contributed by atoms with Crippen molar-refractivity contribution in [3.63, 3.8) is 0 Å². The molecular weight excluding hydrogens is 835 g/mol. The van der Waals surface area contributed by atoms with E-state index in [9.17, 15) is 9.90 Å². The summed E-state index contributed by atoms with van der Waals surface area (Å²) in [6.45, 7) is 11.5. The van der Waals surface area contributed by atoms with Gasteiger partial charge in [0.1, 0.15) is 23.9 Å². The summed E-state index contributed by atoms with van der Waals surface area (Å²) in [5.41, 5.74) is 8.28. The molecule has 2 unspecified atom stereocenters. The van der Waals surface area contributed by atoms with Crippen molar-refractivity contribution >= 4 is 52.1 Å². The Kier molecular flexibility index (Phi) is 8.96. The van der Waals surface area contributed by atoms with Crippen LogP contribution in [-0.4, -0.2) is 85.7 Å². The number of thiol groups is 1. The van der Waals surface area contributed by atoms with Gasteiger partial charge < -0.3 is 38.5 Å². The number of carbonyl (C=O) groups is 1. The lowest BCUT2D eigenvalue weighted by atomic mass is 9.73. The number of H-pyrrole nitrogens is 1. The number of hydrogen-bond acceptors (Lipinski definition) is 12. The van der Waals surface area contributed by atoms with Crippen LogP contribution in [0.25, 0.3) is 10.9 Å². The molecule has 5 aliphatic heterocycles. The van der Waals surface area contributed by atoms with Crippen LogP contribution in [0.3, 0.4) is 0 Å². The number of benzene rings is 3. The van der Waals surface area contributed by atoms with E-state index in [2.05, 4.69) is 68.5 Å². The van der Waals surface area contributed by atoms with Crippen molar-refractivity contribution in [2.45, 2.75) is 66.6 Å². The van der Waals surface area contributed by atoms with Crippen molar-refractivity contribution in [3.8, 4) is 34.5 Å². The van der Waals surface area contributed by atoms with Crippen molar-refractivity contribution in [1.29, 1.82) is 0 Å². The Labute approximate surface area is 339 Å². The number of fused-ring (bicyclic) bond motifs is 12. The normalized spacial score (nSPS) is 26.4. The van der Waals surface area contributed by atoms with Gasteiger partial charge in [-0.25, -0.2) is 0 Å². The first-order chi connectivity index (χ1) is 26.4. The van der Waals surface area contributed by atoms with Crippen molar-refractivity contribution in [3.05, 3.63) is 81.2 Å². The number of aromatic hydroxyl groups is 1. The third kappa shape index (κ3) is 5.37. The van der Waals surface area contributed by atoms with E-state index in [0.29, 0.717) is 40.9 Å². The highest BCUT2D eigenvalue weighted by Crippen LogP contribution is 2.61. The molecule has 0 radical (unpaired) electrons. The highest BCUT2D eigenvalue weighted by Gasteiger charge is 2.56. The third-order valence-corrected chi connectivity index (χ3v) is 14.4. The van der Waals surface area contributed by atoms with Crippen LogP contribution < -0.4 is 29.0 Å². The Morgan fingerprint density at radius 2 is 1.91 bits per heavy atom. The fraction of sp³-hybridized carbons (Fsp3) is 0.439. The minimum absolute atomic E-state index is 0.0379. The molecular formula is C41H45IN4O8S. The number of alkyl halides is 1. The molecule has 1 saturated heterocycles. The van der Waals surface area contributed by atoms with E-state index in [1.807, 2.05) is 26.0 Å². The molecule has 0 saturated carbocycles. The van der Waals surface area contributed by atoms with Crippen LogP contribution in [0.1, 0.15) is 68.9 Å². The monoisotopic (exact) mass is 880 g/mol. The van der Waals surface area contributed by atoms with Crippen LogP contribution in [0.15, 0.2) is 36.6 Å². The maximum Gasteiger partial charge on any atom is 0.308 e. The number of esters is 1. The predicted octanol–water partition coefficient (Wildman–Crippen LogP) is 6.43. The third-order valence-electron chi connectivity index (χ3n) is 12.3. The van der Waals surface area contributed by atoms with Crippen molar-refractivity contribution in [2.24, 2.45) is 0 Å². The maximum atomic E-state index is 12.7. The van der Waals surface area contributed by atoms with Crippen LogP contribution in [-0.2, 0) is 25.9 Å². The molecule has 0 spiro atoms. The van der Waals surface area contributed by atoms with Gasteiger partial charge in [0.2, 0.25) is 6.79 Å². The summed E-state index contributed by atoms with van der Waals surface area (Å²) in [7, 11) is 5.37. The Bertz CT molecular complexity index is 2300. The van der Waals surface area contributed by atoms with E-state index in [4.69, 9.17) is 41.0 Å².